The van der Waals surface area contributed by atoms with Crippen molar-refractivity contribution < 1.29 is 9.72 Å². The van der Waals surface area contributed by atoms with Crippen LogP contribution in [0.2, 0.25) is 0 Å². The minimum atomic E-state index is -0.486. The molecule has 0 unspecified atom stereocenters. The number of rotatable bonds is 3. The molecule has 0 aromatic heterocycles. The van der Waals surface area contributed by atoms with Gasteiger partial charge in [0.15, 0.2) is 5.11 Å². The first-order valence-corrected chi connectivity index (χ1v) is 9.26. The number of hydrogen-bond donors (Lipinski definition) is 2. The van der Waals surface area contributed by atoms with Crippen molar-refractivity contribution in [3.05, 3.63) is 39.9 Å². The Morgan fingerprint density at radius 1 is 1.04 bits per heavy atom. The summed E-state index contributed by atoms with van der Waals surface area (Å²) < 4.78 is 0. The molecule has 7 heteroatoms. The Kier molecular flexibility index (Phi) is 4.19. The summed E-state index contributed by atoms with van der Waals surface area (Å²) in [6.45, 7) is 0. The molecule has 4 aliphatic rings. The van der Waals surface area contributed by atoms with Crippen LogP contribution in [0, 0.1) is 33.8 Å². The van der Waals surface area contributed by atoms with Crippen LogP contribution < -0.4 is 10.6 Å². The Morgan fingerprint density at radius 3 is 2.12 bits per heavy atom. The average molecular weight is 359 g/mol. The number of nitro groups is 1. The molecule has 0 spiro atoms. The van der Waals surface area contributed by atoms with Gasteiger partial charge in [-0.05, 0) is 80.1 Å². The highest BCUT2D eigenvalue weighted by molar-refractivity contribution is 7.80. The van der Waals surface area contributed by atoms with Gasteiger partial charge in [-0.3, -0.25) is 20.2 Å². The number of benzene rings is 1. The molecule has 6 nitrogen and oxygen atoms in total. The predicted octanol–water partition coefficient (Wildman–Crippen LogP) is 3.02. The molecule has 132 valence electrons. The van der Waals surface area contributed by atoms with Crippen LogP contribution in [0.5, 0.6) is 0 Å². The quantitative estimate of drug-likeness (QED) is 0.492. The zero-order valence-corrected chi connectivity index (χ0v) is 14.6. The molecule has 1 aromatic carbocycles. The lowest BCUT2D eigenvalue weighted by Crippen LogP contribution is -2.57. The topological polar surface area (TPSA) is 84.3 Å². The minimum Gasteiger partial charge on any atom is -0.359 e. The maximum absolute atomic E-state index is 12.3. The maximum atomic E-state index is 12.3. The molecule has 2 N–H and O–H groups in total. The third-order valence-corrected chi connectivity index (χ3v) is 6.31. The van der Waals surface area contributed by atoms with Crippen molar-refractivity contribution in [3.8, 4) is 0 Å². The van der Waals surface area contributed by atoms with E-state index in [4.69, 9.17) is 12.2 Å². The third kappa shape index (κ3) is 3.25. The van der Waals surface area contributed by atoms with Gasteiger partial charge >= 0.3 is 0 Å². The number of carbonyl (C=O) groups excluding carboxylic acids is 1. The third-order valence-electron chi connectivity index (χ3n) is 6.09. The average Bonchev–Trinajstić information content (AvgIpc) is 2.57. The number of thiocarbonyl (C=S) groups is 1. The first kappa shape index (κ1) is 16.4. The summed E-state index contributed by atoms with van der Waals surface area (Å²) >= 11 is 5.35. The number of hydrogen-bond acceptors (Lipinski definition) is 4. The zero-order chi connectivity index (χ0) is 17.6. The molecule has 0 saturated heterocycles. The fourth-order valence-corrected chi connectivity index (χ4v) is 5.49. The number of nitrogens with zero attached hydrogens (tertiary/aromatic N) is 1. The van der Waals surface area contributed by atoms with Crippen molar-refractivity contribution in [1.82, 2.24) is 10.6 Å². The summed E-state index contributed by atoms with van der Waals surface area (Å²) in [7, 11) is 0. The van der Waals surface area contributed by atoms with Gasteiger partial charge in [0.25, 0.3) is 11.6 Å². The molecule has 4 saturated carbocycles. The number of non-ortho nitro benzene ring substituents is 1. The number of carbonyl (C=O) groups is 1. The van der Waals surface area contributed by atoms with Crippen molar-refractivity contribution >= 4 is 28.9 Å². The molecule has 1 amide bonds. The van der Waals surface area contributed by atoms with Crippen molar-refractivity contribution in [2.24, 2.45) is 23.7 Å². The standard InChI is InChI=1S/C18H21N3O3S/c22-17(12-1-3-15(4-2-12)21(23)24)20-18(25)19-16-13-6-10-5-11(8-13)9-14(16)7-10/h1-4,10-11,13-14,16H,5-9H2,(H2,19,20,22,25). The molecule has 0 heterocycles. The Labute approximate surface area is 151 Å². The lowest BCUT2D eigenvalue weighted by atomic mass is 9.54. The fourth-order valence-electron chi connectivity index (χ4n) is 5.26. The van der Waals surface area contributed by atoms with Crippen LogP contribution in [0.4, 0.5) is 5.69 Å². The van der Waals surface area contributed by atoms with Gasteiger partial charge in [0.1, 0.15) is 0 Å². The first-order valence-electron chi connectivity index (χ1n) is 8.86. The van der Waals surface area contributed by atoms with E-state index in [1.807, 2.05) is 0 Å². The normalized spacial score (nSPS) is 32.2. The lowest BCUT2D eigenvalue weighted by Gasteiger charge is -2.54. The van der Waals surface area contributed by atoms with Gasteiger partial charge in [-0.1, -0.05) is 0 Å². The number of nitrogens with one attached hydrogen (secondary N) is 2. The molecule has 4 fully saturated rings. The summed E-state index contributed by atoms with van der Waals surface area (Å²) in [5, 5.41) is 17.1. The van der Waals surface area contributed by atoms with E-state index in [1.54, 1.807) is 0 Å². The number of nitro benzene ring substituents is 1. The van der Waals surface area contributed by atoms with Crippen LogP contribution in [0.15, 0.2) is 24.3 Å². The predicted molar refractivity (Wildman–Crippen MR) is 97.1 cm³/mol. The van der Waals surface area contributed by atoms with Crippen molar-refractivity contribution in [2.45, 2.75) is 38.1 Å². The van der Waals surface area contributed by atoms with E-state index in [1.165, 1.54) is 56.4 Å². The van der Waals surface area contributed by atoms with Crippen LogP contribution >= 0.6 is 12.2 Å². The van der Waals surface area contributed by atoms with Gasteiger partial charge in [0.2, 0.25) is 0 Å². The first-order chi connectivity index (χ1) is 12.0. The van der Waals surface area contributed by atoms with Crippen molar-refractivity contribution in [3.63, 3.8) is 0 Å². The number of amides is 1. The molecule has 1 aromatic rings. The molecule has 4 bridgehead atoms. The van der Waals surface area contributed by atoms with Crippen LogP contribution in [0.25, 0.3) is 0 Å². The molecular formula is C18H21N3O3S. The molecule has 5 rings (SSSR count). The molecule has 4 aliphatic carbocycles. The fraction of sp³-hybridized carbons (Fsp3) is 0.556. The van der Waals surface area contributed by atoms with Gasteiger partial charge < -0.3 is 5.32 Å². The Bertz CT molecular complexity index is 691. The Balaban J connectivity index is 1.36. The monoisotopic (exact) mass is 359 g/mol. The zero-order valence-electron chi connectivity index (χ0n) is 13.8. The van der Waals surface area contributed by atoms with Gasteiger partial charge in [-0.25, -0.2) is 0 Å². The Hall–Kier alpha value is -2.02. The summed E-state index contributed by atoms with van der Waals surface area (Å²) in [5.74, 6) is 2.79. The van der Waals surface area contributed by atoms with Gasteiger partial charge in [-0.15, -0.1) is 0 Å². The molecule has 0 aliphatic heterocycles. The largest absolute Gasteiger partial charge is 0.359 e. The molecular weight excluding hydrogens is 338 g/mol. The highest BCUT2D eigenvalue weighted by Gasteiger charge is 2.48. The minimum absolute atomic E-state index is 0.0363. The van der Waals surface area contributed by atoms with Crippen LogP contribution in [-0.4, -0.2) is 22.0 Å². The second-order valence-corrected chi connectivity index (χ2v) is 8.10. The van der Waals surface area contributed by atoms with Crippen molar-refractivity contribution in [1.29, 1.82) is 0 Å². The van der Waals surface area contributed by atoms with Crippen LogP contribution in [-0.2, 0) is 0 Å². The molecule has 0 atom stereocenters. The second-order valence-electron chi connectivity index (χ2n) is 7.69. The summed E-state index contributed by atoms with van der Waals surface area (Å²) in [5.41, 5.74) is 0.325. The van der Waals surface area contributed by atoms with E-state index < -0.39 is 4.92 Å². The van der Waals surface area contributed by atoms with E-state index in [0.29, 0.717) is 28.6 Å². The highest BCUT2D eigenvalue weighted by Crippen LogP contribution is 2.53. The van der Waals surface area contributed by atoms with E-state index >= 15 is 0 Å². The van der Waals surface area contributed by atoms with Gasteiger partial charge in [-0.2, -0.15) is 0 Å². The summed E-state index contributed by atoms with van der Waals surface area (Å²) in [6, 6.07) is 5.90. The van der Waals surface area contributed by atoms with Gasteiger partial charge in [0, 0.05) is 23.7 Å². The second kappa shape index (κ2) is 6.37. The molecule has 0 radical (unpaired) electrons. The summed E-state index contributed by atoms with van der Waals surface area (Å²) in [6.07, 6.45) is 6.53. The van der Waals surface area contributed by atoms with Crippen LogP contribution in [0.1, 0.15) is 42.5 Å². The van der Waals surface area contributed by atoms with Crippen LogP contribution in [0.3, 0.4) is 0 Å². The highest BCUT2D eigenvalue weighted by atomic mass is 32.1. The van der Waals surface area contributed by atoms with E-state index in [0.717, 1.165) is 11.8 Å². The van der Waals surface area contributed by atoms with E-state index in [9.17, 15) is 14.9 Å². The summed E-state index contributed by atoms with van der Waals surface area (Å²) in [4.78, 5) is 22.5. The van der Waals surface area contributed by atoms with E-state index in [-0.39, 0.29) is 11.6 Å². The molecule has 25 heavy (non-hydrogen) atoms. The smallest absolute Gasteiger partial charge is 0.269 e. The van der Waals surface area contributed by atoms with E-state index in [2.05, 4.69) is 10.6 Å². The Morgan fingerprint density at radius 2 is 1.60 bits per heavy atom. The van der Waals surface area contributed by atoms with Gasteiger partial charge in [0.05, 0.1) is 4.92 Å². The SMILES string of the molecule is O=C(NC(=S)NC1C2CC3CC(C2)CC1C3)c1ccc([N+](=O)[O-])cc1. The lowest BCUT2D eigenvalue weighted by molar-refractivity contribution is -0.384. The maximum Gasteiger partial charge on any atom is 0.269 e. The van der Waals surface area contributed by atoms with Crippen molar-refractivity contribution in [2.75, 3.05) is 0 Å².